The molecule has 1 aliphatic carbocycles. The zero-order valence-electron chi connectivity index (χ0n) is 13.9. The normalized spacial score (nSPS) is 16.2. The molecular weight excluding hydrogens is 442 g/mol. The summed E-state index contributed by atoms with van der Waals surface area (Å²) in [5.74, 6) is 5.96. The van der Waals surface area contributed by atoms with Gasteiger partial charge in [0.1, 0.15) is 6.54 Å². The molecule has 0 bridgehead atoms. The van der Waals surface area contributed by atoms with Crippen molar-refractivity contribution in [1.29, 1.82) is 0 Å². The van der Waals surface area contributed by atoms with Crippen LogP contribution in [-0.4, -0.2) is 18.5 Å². The maximum atomic E-state index is 12.5. The van der Waals surface area contributed by atoms with Crippen molar-refractivity contribution >= 4 is 29.9 Å². The fourth-order valence-electron chi connectivity index (χ4n) is 2.69. The van der Waals surface area contributed by atoms with Gasteiger partial charge in [-0.3, -0.25) is 0 Å². The van der Waals surface area contributed by atoms with Crippen molar-refractivity contribution in [2.24, 2.45) is 10.7 Å². The summed E-state index contributed by atoms with van der Waals surface area (Å²) in [6.07, 6.45) is 2.84. The van der Waals surface area contributed by atoms with E-state index in [2.05, 4.69) is 22.2 Å². The summed E-state index contributed by atoms with van der Waals surface area (Å²) in [6.45, 7) is 0.215. The van der Waals surface area contributed by atoms with E-state index in [9.17, 15) is 13.2 Å². The minimum absolute atomic E-state index is 0. The molecule has 1 saturated carbocycles. The van der Waals surface area contributed by atoms with E-state index in [0.29, 0.717) is 17.6 Å². The molecule has 1 fully saturated rings. The lowest BCUT2D eigenvalue weighted by Gasteiger charge is -2.16. The zero-order chi connectivity index (χ0) is 17.4. The Hall–Kier alpha value is -1.43. The summed E-state index contributed by atoms with van der Waals surface area (Å²) in [5.41, 5.74) is 5.69. The highest BCUT2D eigenvalue weighted by atomic mass is 127. The highest BCUT2D eigenvalue weighted by Gasteiger charge is 2.29. The first-order valence-corrected chi connectivity index (χ1v) is 8.18. The highest BCUT2D eigenvalue weighted by Crippen LogP contribution is 2.28. The number of hydrogen-bond acceptors (Lipinski definition) is 1. The van der Waals surface area contributed by atoms with E-state index < -0.39 is 11.7 Å². The second-order valence-electron chi connectivity index (χ2n) is 5.91. The molecule has 1 aromatic carbocycles. The minimum atomic E-state index is -4.33. The van der Waals surface area contributed by atoms with Crippen LogP contribution in [0.5, 0.6) is 0 Å². The van der Waals surface area contributed by atoms with Crippen LogP contribution in [0.1, 0.15) is 49.7 Å². The molecule has 0 saturated heterocycles. The van der Waals surface area contributed by atoms with Gasteiger partial charge in [-0.15, -0.1) is 24.0 Å². The molecule has 0 amide bonds. The standard InChI is InChI=1S/C18H22F3N3.HI/c19-18(20,21)15-11-9-14(10-12-15)6-5-13-23-17(22)24-16-7-3-1-2-4-8-16;/h9-12,16H,1-4,7-8,13H2,(H3,22,23,24);1H. The lowest BCUT2D eigenvalue weighted by atomic mass is 10.1. The summed E-state index contributed by atoms with van der Waals surface area (Å²) in [6, 6.07) is 5.13. The van der Waals surface area contributed by atoms with Crippen LogP contribution in [0, 0.1) is 11.8 Å². The Morgan fingerprint density at radius 1 is 1.12 bits per heavy atom. The quantitative estimate of drug-likeness (QED) is 0.225. The highest BCUT2D eigenvalue weighted by molar-refractivity contribution is 14.0. The SMILES string of the molecule is I.NC(=NCC#Cc1ccc(C(F)(F)F)cc1)NC1CCCCCC1. The van der Waals surface area contributed by atoms with Crippen molar-refractivity contribution in [2.75, 3.05) is 6.54 Å². The summed E-state index contributed by atoms with van der Waals surface area (Å²) >= 11 is 0. The van der Waals surface area contributed by atoms with Gasteiger partial charge in [0.15, 0.2) is 5.96 Å². The van der Waals surface area contributed by atoms with Gasteiger partial charge in [-0.2, -0.15) is 13.2 Å². The van der Waals surface area contributed by atoms with Crippen molar-refractivity contribution in [3.8, 4) is 11.8 Å². The van der Waals surface area contributed by atoms with Crippen LogP contribution in [-0.2, 0) is 6.18 Å². The molecule has 3 nitrogen and oxygen atoms in total. The number of hydrogen-bond donors (Lipinski definition) is 2. The summed E-state index contributed by atoms with van der Waals surface area (Å²) < 4.78 is 37.4. The monoisotopic (exact) mass is 465 g/mol. The van der Waals surface area contributed by atoms with E-state index in [1.54, 1.807) is 0 Å². The zero-order valence-corrected chi connectivity index (χ0v) is 16.2. The van der Waals surface area contributed by atoms with Crippen molar-refractivity contribution in [2.45, 2.75) is 50.7 Å². The molecule has 0 radical (unpaired) electrons. The topological polar surface area (TPSA) is 50.4 Å². The molecule has 1 aromatic rings. The van der Waals surface area contributed by atoms with Crippen molar-refractivity contribution < 1.29 is 13.2 Å². The summed E-state index contributed by atoms with van der Waals surface area (Å²) in [7, 11) is 0. The number of nitrogens with zero attached hydrogens (tertiary/aromatic N) is 1. The molecule has 2 rings (SSSR count). The first-order valence-electron chi connectivity index (χ1n) is 8.18. The Labute approximate surface area is 163 Å². The van der Waals surface area contributed by atoms with Crippen LogP contribution in [0.3, 0.4) is 0 Å². The first kappa shape index (κ1) is 21.6. The number of aliphatic imine (C=N–C) groups is 1. The Kier molecular flexibility index (Phi) is 9.11. The Morgan fingerprint density at radius 3 is 2.28 bits per heavy atom. The Bertz CT molecular complexity index is 607. The van der Waals surface area contributed by atoms with Gasteiger partial charge in [-0.1, -0.05) is 37.5 Å². The number of benzene rings is 1. The van der Waals surface area contributed by atoms with Gasteiger partial charge >= 0.3 is 6.18 Å². The minimum Gasteiger partial charge on any atom is -0.370 e. The third-order valence-corrected chi connectivity index (χ3v) is 3.98. The van der Waals surface area contributed by atoms with Gasteiger partial charge < -0.3 is 11.1 Å². The lowest BCUT2D eigenvalue weighted by molar-refractivity contribution is -0.137. The molecule has 0 aromatic heterocycles. The van der Waals surface area contributed by atoms with E-state index in [-0.39, 0.29) is 30.5 Å². The molecular formula is C18H23F3IN3. The van der Waals surface area contributed by atoms with Crippen LogP contribution in [0.25, 0.3) is 0 Å². The lowest BCUT2D eigenvalue weighted by Crippen LogP contribution is -2.39. The predicted octanol–water partition coefficient (Wildman–Crippen LogP) is 4.30. The van der Waals surface area contributed by atoms with Gasteiger partial charge in [0.25, 0.3) is 0 Å². The molecule has 0 heterocycles. The van der Waals surface area contributed by atoms with Crippen LogP contribution in [0.15, 0.2) is 29.3 Å². The molecule has 0 unspecified atom stereocenters. The number of nitrogens with one attached hydrogen (secondary N) is 1. The number of guanidine groups is 1. The van der Waals surface area contributed by atoms with E-state index in [1.807, 2.05) is 0 Å². The number of nitrogens with two attached hydrogens (primary N) is 1. The van der Waals surface area contributed by atoms with Crippen molar-refractivity contribution in [3.05, 3.63) is 35.4 Å². The summed E-state index contributed by atoms with van der Waals surface area (Å²) in [4.78, 5) is 4.15. The van der Waals surface area contributed by atoms with Crippen LogP contribution >= 0.6 is 24.0 Å². The third-order valence-electron chi connectivity index (χ3n) is 3.98. The fraction of sp³-hybridized carbons (Fsp3) is 0.500. The van der Waals surface area contributed by atoms with Crippen LogP contribution in [0.2, 0.25) is 0 Å². The fourth-order valence-corrected chi connectivity index (χ4v) is 2.69. The molecule has 3 N–H and O–H groups in total. The average Bonchev–Trinajstić information content (AvgIpc) is 2.80. The number of halogens is 4. The van der Waals surface area contributed by atoms with Gasteiger partial charge in [-0.05, 0) is 37.1 Å². The molecule has 0 spiro atoms. The van der Waals surface area contributed by atoms with Gasteiger partial charge in [0, 0.05) is 11.6 Å². The number of alkyl halides is 3. The van der Waals surface area contributed by atoms with Crippen molar-refractivity contribution in [3.63, 3.8) is 0 Å². The second kappa shape index (κ2) is 10.5. The molecule has 7 heteroatoms. The summed E-state index contributed by atoms with van der Waals surface area (Å²) in [5, 5.41) is 3.22. The van der Waals surface area contributed by atoms with Crippen molar-refractivity contribution in [1.82, 2.24) is 5.32 Å². The maximum absolute atomic E-state index is 12.5. The van der Waals surface area contributed by atoms with Crippen LogP contribution < -0.4 is 11.1 Å². The van der Waals surface area contributed by atoms with E-state index in [4.69, 9.17) is 5.73 Å². The van der Waals surface area contributed by atoms with E-state index in [1.165, 1.54) is 37.8 Å². The van der Waals surface area contributed by atoms with Gasteiger partial charge in [-0.25, -0.2) is 4.99 Å². The first-order chi connectivity index (χ1) is 11.4. The smallest absolute Gasteiger partial charge is 0.370 e. The van der Waals surface area contributed by atoms with E-state index >= 15 is 0 Å². The maximum Gasteiger partial charge on any atom is 0.416 e. The molecule has 0 atom stereocenters. The van der Waals surface area contributed by atoms with Gasteiger partial charge in [0.2, 0.25) is 0 Å². The molecule has 25 heavy (non-hydrogen) atoms. The average molecular weight is 465 g/mol. The Morgan fingerprint density at radius 2 is 1.72 bits per heavy atom. The number of rotatable bonds is 2. The third kappa shape index (κ3) is 7.99. The molecule has 0 aliphatic heterocycles. The predicted molar refractivity (Wildman–Crippen MR) is 105 cm³/mol. The molecule has 138 valence electrons. The Balaban J connectivity index is 0.00000312. The van der Waals surface area contributed by atoms with E-state index in [0.717, 1.165) is 25.0 Å². The molecule has 1 aliphatic rings. The van der Waals surface area contributed by atoms with Crippen LogP contribution in [0.4, 0.5) is 13.2 Å². The largest absolute Gasteiger partial charge is 0.416 e. The van der Waals surface area contributed by atoms with Gasteiger partial charge in [0.05, 0.1) is 5.56 Å². The second-order valence-corrected chi connectivity index (χ2v) is 5.91.